The van der Waals surface area contributed by atoms with Gasteiger partial charge in [-0.25, -0.2) is 0 Å². The second-order valence-corrected chi connectivity index (χ2v) is 3.94. The van der Waals surface area contributed by atoms with Crippen LogP contribution in [0.5, 0.6) is 0 Å². The molecule has 2 unspecified atom stereocenters. The van der Waals surface area contributed by atoms with Crippen LogP contribution in [0, 0.1) is 0 Å². The summed E-state index contributed by atoms with van der Waals surface area (Å²) in [5, 5.41) is 11.1. The van der Waals surface area contributed by atoms with Crippen LogP contribution in [0.15, 0.2) is 0 Å². The predicted molar refractivity (Wildman–Crippen MR) is 56.8 cm³/mol. The van der Waals surface area contributed by atoms with Gasteiger partial charge in [-0.05, 0) is 19.3 Å². The first kappa shape index (κ1) is 12.9. The molecule has 6 heteroatoms. The summed E-state index contributed by atoms with van der Waals surface area (Å²) in [5.41, 5.74) is 5.40. The lowest BCUT2D eigenvalue weighted by Crippen LogP contribution is -2.45. The van der Waals surface area contributed by atoms with Gasteiger partial charge in [-0.15, -0.1) is 0 Å². The third kappa shape index (κ3) is 4.59. The Morgan fingerprint density at radius 1 is 1.50 bits per heavy atom. The number of carboxylic acids is 1. The molecule has 1 heterocycles. The number of rotatable bonds is 5. The Hall–Kier alpha value is -1.14. The highest BCUT2D eigenvalue weighted by atomic mass is 16.5. The molecule has 4 N–H and O–H groups in total. The molecule has 92 valence electrons. The fourth-order valence-electron chi connectivity index (χ4n) is 1.59. The summed E-state index contributed by atoms with van der Waals surface area (Å²) < 4.78 is 5.42. The lowest BCUT2D eigenvalue weighted by atomic mass is 10.1. The van der Waals surface area contributed by atoms with Gasteiger partial charge in [0.2, 0.25) is 5.91 Å². The third-order valence-electron chi connectivity index (χ3n) is 2.51. The zero-order valence-corrected chi connectivity index (χ0v) is 9.15. The molecule has 0 aromatic rings. The Morgan fingerprint density at radius 3 is 2.81 bits per heavy atom. The predicted octanol–water partition coefficient (Wildman–Crippen LogP) is -0.526. The number of carbonyl (C=O) groups excluding carboxylic acids is 1. The van der Waals surface area contributed by atoms with Gasteiger partial charge in [-0.2, -0.15) is 0 Å². The minimum absolute atomic E-state index is 0.0368. The van der Waals surface area contributed by atoms with Gasteiger partial charge in [-0.1, -0.05) is 0 Å². The molecule has 16 heavy (non-hydrogen) atoms. The Balaban J connectivity index is 2.20. The summed E-state index contributed by atoms with van der Waals surface area (Å²) >= 11 is 0. The quantitative estimate of drug-likeness (QED) is 0.589. The number of hydrogen-bond donors (Lipinski definition) is 3. The Labute approximate surface area is 94.1 Å². The van der Waals surface area contributed by atoms with Crippen molar-refractivity contribution in [3.63, 3.8) is 0 Å². The van der Waals surface area contributed by atoms with E-state index in [0.717, 1.165) is 25.9 Å². The number of carboxylic acid groups (broad SMARTS) is 1. The largest absolute Gasteiger partial charge is 0.481 e. The van der Waals surface area contributed by atoms with Crippen molar-refractivity contribution in [3.05, 3.63) is 0 Å². The first-order valence-electron chi connectivity index (χ1n) is 5.46. The van der Waals surface area contributed by atoms with Crippen LogP contribution < -0.4 is 11.1 Å². The zero-order chi connectivity index (χ0) is 12.0. The summed E-state index contributed by atoms with van der Waals surface area (Å²) in [7, 11) is 0. The molecule has 0 saturated carbocycles. The standard InChI is InChI=1S/C10H18N2O4/c11-8(5-9(13)14)10(15)12-6-7-3-1-2-4-16-7/h7-8H,1-6,11H2,(H,12,15)(H,13,14). The number of amides is 1. The molecule has 1 aliphatic rings. The van der Waals surface area contributed by atoms with Gasteiger partial charge < -0.3 is 20.9 Å². The Kier molecular flexibility index (Phi) is 5.21. The van der Waals surface area contributed by atoms with Crippen LogP contribution in [0.3, 0.4) is 0 Å². The SMILES string of the molecule is NC(CC(=O)O)C(=O)NCC1CCCCO1. The van der Waals surface area contributed by atoms with Gasteiger partial charge in [-0.3, -0.25) is 9.59 Å². The molecule has 1 saturated heterocycles. The lowest BCUT2D eigenvalue weighted by molar-refractivity contribution is -0.139. The van der Waals surface area contributed by atoms with Crippen LogP contribution in [0.25, 0.3) is 0 Å². The van der Waals surface area contributed by atoms with Gasteiger partial charge in [0.25, 0.3) is 0 Å². The van der Waals surface area contributed by atoms with Crippen molar-refractivity contribution >= 4 is 11.9 Å². The molecule has 0 aromatic heterocycles. The summed E-state index contributed by atoms with van der Waals surface area (Å²) in [6.45, 7) is 1.13. The molecular weight excluding hydrogens is 212 g/mol. The van der Waals surface area contributed by atoms with Gasteiger partial charge in [0.1, 0.15) is 0 Å². The second-order valence-electron chi connectivity index (χ2n) is 3.94. The van der Waals surface area contributed by atoms with E-state index in [1.54, 1.807) is 0 Å². The molecule has 2 atom stereocenters. The Morgan fingerprint density at radius 2 is 2.25 bits per heavy atom. The molecule has 0 bridgehead atoms. The molecular formula is C10H18N2O4. The molecule has 1 amide bonds. The van der Waals surface area contributed by atoms with Gasteiger partial charge in [0, 0.05) is 13.2 Å². The van der Waals surface area contributed by atoms with Crippen molar-refractivity contribution in [1.29, 1.82) is 0 Å². The van der Waals surface area contributed by atoms with Crippen molar-refractivity contribution in [2.45, 2.75) is 37.8 Å². The second kappa shape index (κ2) is 6.44. The fourth-order valence-corrected chi connectivity index (χ4v) is 1.59. The number of nitrogens with one attached hydrogen (secondary N) is 1. The maximum Gasteiger partial charge on any atom is 0.305 e. The normalized spacial score (nSPS) is 22.4. The van der Waals surface area contributed by atoms with Crippen LogP contribution in [0.1, 0.15) is 25.7 Å². The van der Waals surface area contributed by atoms with E-state index in [1.807, 2.05) is 0 Å². The molecule has 1 fully saturated rings. The Bertz CT molecular complexity index is 251. The van der Waals surface area contributed by atoms with E-state index in [4.69, 9.17) is 15.6 Å². The van der Waals surface area contributed by atoms with Gasteiger partial charge in [0.05, 0.1) is 18.6 Å². The van der Waals surface area contributed by atoms with Gasteiger partial charge in [0.15, 0.2) is 0 Å². The van der Waals surface area contributed by atoms with Crippen LogP contribution in [-0.2, 0) is 14.3 Å². The average Bonchev–Trinajstić information content (AvgIpc) is 2.26. The monoisotopic (exact) mass is 230 g/mol. The number of carbonyl (C=O) groups is 2. The van der Waals surface area contributed by atoms with Crippen molar-refractivity contribution in [2.75, 3.05) is 13.2 Å². The molecule has 0 aromatic carbocycles. The number of hydrogen-bond acceptors (Lipinski definition) is 4. The van der Waals surface area contributed by atoms with E-state index in [-0.39, 0.29) is 12.5 Å². The van der Waals surface area contributed by atoms with Crippen LogP contribution in [0.4, 0.5) is 0 Å². The molecule has 0 aliphatic carbocycles. The summed E-state index contributed by atoms with van der Waals surface area (Å²) in [6, 6.07) is -0.985. The van der Waals surface area contributed by atoms with Crippen LogP contribution in [0.2, 0.25) is 0 Å². The topological polar surface area (TPSA) is 102 Å². The minimum Gasteiger partial charge on any atom is -0.481 e. The van der Waals surface area contributed by atoms with Crippen LogP contribution >= 0.6 is 0 Å². The van der Waals surface area contributed by atoms with Crippen LogP contribution in [-0.4, -0.2) is 42.3 Å². The summed E-state index contributed by atoms with van der Waals surface area (Å²) in [5.74, 6) is -1.51. The highest BCUT2D eigenvalue weighted by molar-refractivity contribution is 5.85. The lowest BCUT2D eigenvalue weighted by Gasteiger charge is -2.23. The first-order valence-corrected chi connectivity index (χ1v) is 5.46. The van der Waals surface area contributed by atoms with Gasteiger partial charge >= 0.3 is 5.97 Å². The van der Waals surface area contributed by atoms with E-state index in [9.17, 15) is 9.59 Å². The number of aliphatic carboxylic acids is 1. The van der Waals surface area contributed by atoms with Crippen molar-refractivity contribution in [2.24, 2.45) is 5.73 Å². The first-order chi connectivity index (χ1) is 7.59. The third-order valence-corrected chi connectivity index (χ3v) is 2.51. The van der Waals surface area contributed by atoms with E-state index in [1.165, 1.54) is 0 Å². The average molecular weight is 230 g/mol. The maximum atomic E-state index is 11.4. The maximum absolute atomic E-state index is 11.4. The molecule has 0 spiro atoms. The number of ether oxygens (including phenoxy) is 1. The highest BCUT2D eigenvalue weighted by Gasteiger charge is 2.19. The van der Waals surface area contributed by atoms with E-state index in [0.29, 0.717) is 6.54 Å². The van der Waals surface area contributed by atoms with Crippen molar-refractivity contribution < 1.29 is 19.4 Å². The molecule has 0 radical (unpaired) electrons. The van der Waals surface area contributed by atoms with Crippen molar-refractivity contribution in [1.82, 2.24) is 5.32 Å². The molecule has 1 rings (SSSR count). The summed E-state index contributed by atoms with van der Waals surface area (Å²) in [4.78, 5) is 21.7. The van der Waals surface area contributed by atoms with E-state index in [2.05, 4.69) is 5.32 Å². The fraction of sp³-hybridized carbons (Fsp3) is 0.800. The van der Waals surface area contributed by atoms with E-state index >= 15 is 0 Å². The number of nitrogens with two attached hydrogens (primary N) is 1. The van der Waals surface area contributed by atoms with E-state index < -0.39 is 17.9 Å². The smallest absolute Gasteiger partial charge is 0.305 e. The molecule has 1 aliphatic heterocycles. The molecule has 6 nitrogen and oxygen atoms in total. The highest BCUT2D eigenvalue weighted by Crippen LogP contribution is 2.11. The zero-order valence-electron chi connectivity index (χ0n) is 9.15. The van der Waals surface area contributed by atoms with Crippen molar-refractivity contribution in [3.8, 4) is 0 Å². The summed E-state index contributed by atoms with van der Waals surface area (Å²) in [6.07, 6.45) is 2.77. The minimum atomic E-state index is -1.07.